The van der Waals surface area contributed by atoms with E-state index in [0.717, 1.165) is 34.7 Å². The minimum atomic E-state index is -4.26. The number of carbonyl (C=O) groups is 1. The monoisotopic (exact) mass is 428 g/mol. The van der Waals surface area contributed by atoms with E-state index in [1.165, 1.54) is 0 Å². The molecular formula is C24H23F3N2O2. The Balaban J connectivity index is 1.58. The van der Waals surface area contributed by atoms with Gasteiger partial charge >= 0.3 is 6.18 Å². The van der Waals surface area contributed by atoms with Gasteiger partial charge in [-0.3, -0.25) is 4.79 Å². The molecule has 1 saturated carbocycles. The number of hydrogen-bond acceptors (Lipinski definition) is 3. The van der Waals surface area contributed by atoms with E-state index in [-0.39, 0.29) is 18.6 Å². The van der Waals surface area contributed by atoms with Gasteiger partial charge in [0.2, 0.25) is 5.91 Å². The summed E-state index contributed by atoms with van der Waals surface area (Å²) >= 11 is 0. The molecule has 3 N–H and O–H groups in total. The molecule has 0 aliphatic heterocycles. The Kier molecular flexibility index (Phi) is 5.62. The summed E-state index contributed by atoms with van der Waals surface area (Å²) in [7, 11) is 0. The van der Waals surface area contributed by atoms with Crippen LogP contribution in [0.2, 0.25) is 0 Å². The third kappa shape index (κ3) is 4.51. The number of carbonyl (C=O) groups excluding carboxylic acids is 1. The van der Waals surface area contributed by atoms with Crippen molar-refractivity contribution in [2.45, 2.75) is 24.4 Å². The molecule has 0 unspecified atom stereocenters. The maximum atomic E-state index is 12.3. The normalized spacial score (nSPS) is 15.1. The van der Waals surface area contributed by atoms with Crippen molar-refractivity contribution in [3.63, 3.8) is 0 Å². The summed E-state index contributed by atoms with van der Waals surface area (Å²) in [5.74, 6) is -0.151. The van der Waals surface area contributed by atoms with Crippen LogP contribution < -0.4 is 15.8 Å². The van der Waals surface area contributed by atoms with E-state index in [1.807, 2.05) is 24.3 Å². The Hall–Kier alpha value is -3.06. The second-order valence-corrected chi connectivity index (χ2v) is 7.82. The molecule has 4 rings (SSSR count). The summed E-state index contributed by atoms with van der Waals surface area (Å²) in [5, 5.41) is 4.56. The highest BCUT2D eigenvalue weighted by Gasteiger charge is 2.48. The third-order valence-electron chi connectivity index (χ3n) is 5.70. The summed E-state index contributed by atoms with van der Waals surface area (Å²) < 4.78 is 42.1. The van der Waals surface area contributed by atoms with Gasteiger partial charge in [0.15, 0.2) is 0 Å². The SMILES string of the molecule is NC(=O)c1cc(OCCNCC(F)(F)F)ccc1C1(c2cccc3ccccc23)CC1. The smallest absolute Gasteiger partial charge is 0.401 e. The van der Waals surface area contributed by atoms with E-state index >= 15 is 0 Å². The number of amides is 1. The van der Waals surface area contributed by atoms with Crippen LogP contribution >= 0.6 is 0 Å². The number of benzene rings is 3. The molecule has 0 spiro atoms. The van der Waals surface area contributed by atoms with Gasteiger partial charge in [-0.15, -0.1) is 0 Å². The molecule has 0 saturated heterocycles. The minimum absolute atomic E-state index is 0.0348. The average molecular weight is 428 g/mol. The van der Waals surface area contributed by atoms with E-state index in [4.69, 9.17) is 10.5 Å². The summed E-state index contributed by atoms with van der Waals surface area (Å²) in [4.78, 5) is 12.3. The molecular weight excluding hydrogens is 405 g/mol. The largest absolute Gasteiger partial charge is 0.492 e. The molecule has 7 heteroatoms. The van der Waals surface area contributed by atoms with Crippen molar-refractivity contribution in [3.05, 3.63) is 77.4 Å². The van der Waals surface area contributed by atoms with Gasteiger partial charge in [0.1, 0.15) is 12.4 Å². The first-order valence-corrected chi connectivity index (χ1v) is 10.1. The third-order valence-corrected chi connectivity index (χ3v) is 5.70. The number of alkyl halides is 3. The average Bonchev–Trinajstić information content (AvgIpc) is 3.54. The maximum absolute atomic E-state index is 12.3. The van der Waals surface area contributed by atoms with Crippen LogP contribution in [0, 0.1) is 0 Å². The quantitative estimate of drug-likeness (QED) is 0.518. The van der Waals surface area contributed by atoms with Crippen molar-refractivity contribution in [1.82, 2.24) is 5.32 Å². The molecule has 31 heavy (non-hydrogen) atoms. The fourth-order valence-electron chi connectivity index (χ4n) is 4.16. The van der Waals surface area contributed by atoms with Crippen LogP contribution in [0.1, 0.15) is 34.3 Å². The molecule has 1 amide bonds. The van der Waals surface area contributed by atoms with Crippen LogP contribution in [-0.4, -0.2) is 31.8 Å². The fourth-order valence-corrected chi connectivity index (χ4v) is 4.16. The highest BCUT2D eigenvalue weighted by atomic mass is 19.4. The minimum Gasteiger partial charge on any atom is -0.492 e. The summed E-state index contributed by atoms with van der Waals surface area (Å²) in [6, 6.07) is 19.5. The van der Waals surface area contributed by atoms with Crippen molar-refractivity contribution in [2.24, 2.45) is 5.73 Å². The Labute approximate surface area is 178 Å². The summed E-state index contributed by atoms with van der Waals surface area (Å²) in [6.07, 6.45) is -2.45. The lowest BCUT2D eigenvalue weighted by Gasteiger charge is -2.22. The van der Waals surface area contributed by atoms with Gasteiger partial charge in [0.25, 0.3) is 0 Å². The van der Waals surface area contributed by atoms with Crippen molar-refractivity contribution in [3.8, 4) is 5.75 Å². The first kappa shape index (κ1) is 21.2. The number of ether oxygens (including phenoxy) is 1. The van der Waals surface area contributed by atoms with Crippen molar-refractivity contribution in [2.75, 3.05) is 19.7 Å². The number of nitrogens with two attached hydrogens (primary N) is 1. The van der Waals surface area contributed by atoms with Crippen LogP contribution in [-0.2, 0) is 5.41 Å². The van der Waals surface area contributed by atoms with Gasteiger partial charge in [-0.2, -0.15) is 13.2 Å². The van der Waals surface area contributed by atoms with E-state index < -0.39 is 18.6 Å². The van der Waals surface area contributed by atoms with Crippen LogP contribution in [0.15, 0.2) is 60.7 Å². The van der Waals surface area contributed by atoms with Crippen LogP contribution in [0.5, 0.6) is 5.75 Å². The molecule has 162 valence electrons. The predicted molar refractivity (Wildman–Crippen MR) is 113 cm³/mol. The van der Waals surface area contributed by atoms with Crippen LogP contribution in [0.3, 0.4) is 0 Å². The standard InChI is InChI=1S/C24H23F3N2O2/c25-24(26,27)15-29-12-13-31-17-8-9-21(19(14-17)22(28)30)23(10-11-23)20-7-3-5-16-4-1-2-6-18(16)20/h1-9,14,29H,10-13,15H2,(H2,28,30). The number of rotatable bonds is 8. The fraction of sp³-hybridized carbons (Fsp3) is 0.292. The number of halogens is 3. The lowest BCUT2D eigenvalue weighted by atomic mass is 9.82. The van der Waals surface area contributed by atoms with Crippen molar-refractivity contribution in [1.29, 1.82) is 0 Å². The molecule has 0 aromatic heterocycles. The zero-order valence-corrected chi connectivity index (χ0v) is 16.8. The lowest BCUT2D eigenvalue weighted by molar-refractivity contribution is -0.124. The van der Waals surface area contributed by atoms with Gasteiger partial charge in [-0.1, -0.05) is 48.5 Å². The zero-order chi connectivity index (χ0) is 22.1. The van der Waals surface area contributed by atoms with E-state index in [0.29, 0.717) is 11.3 Å². The van der Waals surface area contributed by atoms with Crippen LogP contribution in [0.25, 0.3) is 10.8 Å². The van der Waals surface area contributed by atoms with Crippen molar-refractivity contribution >= 4 is 16.7 Å². The first-order chi connectivity index (χ1) is 14.8. The van der Waals surface area contributed by atoms with Gasteiger partial charge in [-0.05, 0) is 46.9 Å². The molecule has 4 nitrogen and oxygen atoms in total. The Bertz CT molecular complexity index is 1100. The lowest BCUT2D eigenvalue weighted by Crippen LogP contribution is -2.31. The number of hydrogen-bond donors (Lipinski definition) is 2. The van der Waals surface area contributed by atoms with Crippen LogP contribution in [0.4, 0.5) is 13.2 Å². The molecule has 0 atom stereocenters. The summed E-state index contributed by atoms with van der Waals surface area (Å²) in [5.41, 5.74) is 7.82. The first-order valence-electron chi connectivity index (χ1n) is 10.1. The van der Waals surface area contributed by atoms with Gasteiger partial charge in [0, 0.05) is 17.5 Å². The van der Waals surface area contributed by atoms with Gasteiger partial charge < -0.3 is 15.8 Å². The Morgan fingerprint density at radius 1 is 1.03 bits per heavy atom. The van der Waals surface area contributed by atoms with Gasteiger partial charge in [-0.25, -0.2) is 0 Å². The second kappa shape index (κ2) is 8.23. The zero-order valence-electron chi connectivity index (χ0n) is 16.8. The highest BCUT2D eigenvalue weighted by molar-refractivity contribution is 5.96. The maximum Gasteiger partial charge on any atom is 0.401 e. The molecule has 1 aliphatic rings. The Morgan fingerprint density at radius 3 is 2.48 bits per heavy atom. The molecule has 1 aliphatic carbocycles. The molecule has 0 heterocycles. The molecule has 1 fully saturated rings. The highest BCUT2D eigenvalue weighted by Crippen LogP contribution is 2.56. The molecule has 0 bridgehead atoms. The molecule has 0 radical (unpaired) electrons. The number of primary amides is 1. The molecule has 3 aromatic carbocycles. The second-order valence-electron chi connectivity index (χ2n) is 7.82. The number of nitrogens with one attached hydrogen (secondary N) is 1. The molecule has 3 aromatic rings. The van der Waals surface area contributed by atoms with E-state index in [9.17, 15) is 18.0 Å². The predicted octanol–water partition coefficient (Wildman–Crippen LogP) is 4.55. The topological polar surface area (TPSA) is 64.4 Å². The van der Waals surface area contributed by atoms with E-state index in [1.54, 1.807) is 12.1 Å². The van der Waals surface area contributed by atoms with Gasteiger partial charge in [0.05, 0.1) is 6.54 Å². The Morgan fingerprint density at radius 2 is 1.77 bits per heavy atom. The van der Waals surface area contributed by atoms with E-state index in [2.05, 4.69) is 29.6 Å². The van der Waals surface area contributed by atoms with Crippen molar-refractivity contribution < 1.29 is 22.7 Å². The summed E-state index contributed by atoms with van der Waals surface area (Å²) in [6.45, 7) is -0.995. The number of fused-ring (bicyclic) bond motifs is 1.